The molecule has 1 aliphatic rings. The zero-order valence-corrected chi connectivity index (χ0v) is 14.3. The van der Waals surface area contributed by atoms with Crippen LogP contribution in [-0.4, -0.2) is 37.0 Å². The number of nitrogens with one attached hydrogen (secondary N) is 1. The molecule has 0 saturated carbocycles. The minimum Gasteiger partial charge on any atom is -0.493 e. The molecule has 1 N–H and O–H groups in total. The second-order valence-electron chi connectivity index (χ2n) is 5.53. The van der Waals surface area contributed by atoms with E-state index < -0.39 is 0 Å². The molecule has 0 spiro atoms. The second kappa shape index (κ2) is 6.43. The molecule has 0 aliphatic carbocycles. The SMILES string of the molecule is CCn1ncc2c1NC(=O)C[C@@H]2c1cc(OC)c(OC)c(OC)c1. The number of aryl methyl sites for hydroxylation is 1. The number of anilines is 1. The number of rotatable bonds is 5. The standard InChI is InChI=1S/C17H21N3O4/c1-5-20-17-12(9-18-20)11(8-15(21)19-17)10-6-13(22-2)16(24-4)14(7-10)23-3/h6-7,9,11H,5,8H2,1-4H3,(H,19,21)/t11-/m1/s1. The number of methoxy groups -OCH3 is 3. The number of fused-ring (bicyclic) bond motifs is 1. The summed E-state index contributed by atoms with van der Waals surface area (Å²) >= 11 is 0. The van der Waals surface area contributed by atoms with Crippen LogP contribution >= 0.6 is 0 Å². The molecule has 1 amide bonds. The van der Waals surface area contributed by atoms with Gasteiger partial charge in [0, 0.05) is 24.4 Å². The number of nitrogens with zero attached hydrogens (tertiary/aromatic N) is 2. The highest BCUT2D eigenvalue weighted by atomic mass is 16.5. The van der Waals surface area contributed by atoms with Gasteiger partial charge in [-0.3, -0.25) is 4.79 Å². The zero-order chi connectivity index (χ0) is 17.3. The molecule has 2 aromatic rings. The third kappa shape index (κ3) is 2.55. The smallest absolute Gasteiger partial charge is 0.226 e. The van der Waals surface area contributed by atoms with Gasteiger partial charge in [-0.2, -0.15) is 5.10 Å². The van der Waals surface area contributed by atoms with Gasteiger partial charge in [0.1, 0.15) is 5.82 Å². The van der Waals surface area contributed by atoms with Gasteiger partial charge in [-0.15, -0.1) is 0 Å². The number of ether oxygens (including phenoxy) is 3. The minimum atomic E-state index is -0.109. The highest BCUT2D eigenvalue weighted by Crippen LogP contribution is 2.44. The van der Waals surface area contributed by atoms with Crippen molar-refractivity contribution in [3.63, 3.8) is 0 Å². The van der Waals surface area contributed by atoms with Crippen LogP contribution in [0.1, 0.15) is 30.4 Å². The third-order valence-corrected chi connectivity index (χ3v) is 4.28. The molecular formula is C17H21N3O4. The van der Waals surface area contributed by atoms with Crippen molar-refractivity contribution in [1.29, 1.82) is 0 Å². The Labute approximate surface area is 140 Å². The fraction of sp³-hybridized carbons (Fsp3) is 0.412. The lowest BCUT2D eigenvalue weighted by Crippen LogP contribution is -2.24. The van der Waals surface area contributed by atoms with E-state index in [2.05, 4.69) is 10.4 Å². The maximum Gasteiger partial charge on any atom is 0.226 e. The Kier molecular flexibility index (Phi) is 4.33. The maximum absolute atomic E-state index is 12.2. The number of carbonyl (C=O) groups is 1. The fourth-order valence-electron chi connectivity index (χ4n) is 3.11. The van der Waals surface area contributed by atoms with Crippen LogP contribution in [0.15, 0.2) is 18.3 Å². The average Bonchev–Trinajstić information content (AvgIpc) is 3.02. The number of hydrogen-bond acceptors (Lipinski definition) is 5. The van der Waals surface area contributed by atoms with Gasteiger partial charge in [-0.25, -0.2) is 4.68 Å². The first kappa shape index (κ1) is 16.2. The molecule has 1 atom stereocenters. The van der Waals surface area contributed by atoms with E-state index in [0.29, 0.717) is 30.2 Å². The predicted octanol–water partition coefficient (Wildman–Crippen LogP) is 2.40. The van der Waals surface area contributed by atoms with Crippen LogP contribution in [0, 0.1) is 0 Å². The summed E-state index contributed by atoms with van der Waals surface area (Å²) in [5, 5.41) is 7.27. The Hall–Kier alpha value is -2.70. The van der Waals surface area contributed by atoms with Gasteiger partial charge in [0.15, 0.2) is 11.5 Å². The molecule has 0 radical (unpaired) electrons. The summed E-state index contributed by atoms with van der Waals surface area (Å²) in [5.41, 5.74) is 1.92. The summed E-state index contributed by atoms with van der Waals surface area (Å²) in [6.07, 6.45) is 2.16. The van der Waals surface area contributed by atoms with Crippen molar-refractivity contribution in [2.75, 3.05) is 26.6 Å². The maximum atomic E-state index is 12.2. The summed E-state index contributed by atoms with van der Waals surface area (Å²) < 4.78 is 18.0. The van der Waals surface area contributed by atoms with Gasteiger partial charge in [0.2, 0.25) is 11.7 Å². The molecule has 3 rings (SSSR count). The molecule has 128 valence electrons. The Bertz CT molecular complexity index is 744. The molecule has 1 aliphatic heterocycles. The third-order valence-electron chi connectivity index (χ3n) is 4.28. The van der Waals surface area contributed by atoms with E-state index in [1.54, 1.807) is 26.0 Å². The first-order chi connectivity index (χ1) is 11.6. The van der Waals surface area contributed by atoms with Gasteiger partial charge in [0.05, 0.1) is 27.5 Å². The van der Waals surface area contributed by atoms with Crippen molar-refractivity contribution in [3.8, 4) is 17.2 Å². The number of hydrogen-bond donors (Lipinski definition) is 1. The van der Waals surface area contributed by atoms with Gasteiger partial charge in [-0.05, 0) is 24.6 Å². The van der Waals surface area contributed by atoms with E-state index in [-0.39, 0.29) is 11.8 Å². The van der Waals surface area contributed by atoms with Gasteiger partial charge in [0.25, 0.3) is 0 Å². The molecule has 7 heteroatoms. The minimum absolute atomic E-state index is 0.0311. The highest BCUT2D eigenvalue weighted by Gasteiger charge is 2.31. The predicted molar refractivity (Wildman–Crippen MR) is 89.1 cm³/mol. The van der Waals surface area contributed by atoms with Crippen LogP contribution in [0.25, 0.3) is 0 Å². The molecule has 2 heterocycles. The van der Waals surface area contributed by atoms with E-state index in [9.17, 15) is 4.79 Å². The first-order valence-corrected chi connectivity index (χ1v) is 7.78. The van der Waals surface area contributed by atoms with E-state index in [4.69, 9.17) is 14.2 Å². The summed E-state index contributed by atoms with van der Waals surface area (Å²) in [6.45, 7) is 2.68. The van der Waals surface area contributed by atoms with Crippen LogP contribution in [-0.2, 0) is 11.3 Å². The van der Waals surface area contributed by atoms with Crippen molar-refractivity contribution < 1.29 is 19.0 Å². The zero-order valence-electron chi connectivity index (χ0n) is 14.3. The highest BCUT2D eigenvalue weighted by molar-refractivity contribution is 5.94. The van der Waals surface area contributed by atoms with Crippen LogP contribution in [0.4, 0.5) is 5.82 Å². The number of amides is 1. The van der Waals surface area contributed by atoms with Crippen LogP contribution in [0.3, 0.4) is 0 Å². The van der Waals surface area contributed by atoms with Gasteiger partial charge < -0.3 is 19.5 Å². The van der Waals surface area contributed by atoms with Crippen molar-refractivity contribution in [3.05, 3.63) is 29.5 Å². The molecule has 0 saturated heterocycles. The Balaban J connectivity index is 2.12. The quantitative estimate of drug-likeness (QED) is 0.910. The summed E-state index contributed by atoms with van der Waals surface area (Å²) in [7, 11) is 4.72. The van der Waals surface area contributed by atoms with Crippen molar-refractivity contribution >= 4 is 11.7 Å². The first-order valence-electron chi connectivity index (χ1n) is 7.78. The van der Waals surface area contributed by atoms with Crippen LogP contribution in [0.5, 0.6) is 17.2 Å². The lowest BCUT2D eigenvalue weighted by Gasteiger charge is -2.25. The van der Waals surface area contributed by atoms with Crippen molar-refractivity contribution in [1.82, 2.24) is 9.78 Å². The Morgan fingerprint density at radius 2 is 1.88 bits per heavy atom. The number of aromatic nitrogens is 2. The topological polar surface area (TPSA) is 74.6 Å². The molecule has 0 fully saturated rings. The normalized spacial score (nSPS) is 16.3. The monoisotopic (exact) mass is 331 g/mol. The summed E-state index contributed by atoms with van der Waals surface area (Å²) in [6, 6.07) is 3.77. The molecule has 24 heavy (non-hydrogen) atoms. The molecule has 1 aromatic carbocycles. The van der Waals surface area contributed by atoms with E-state index in [1.165, 1.54) is 0 Å². The second-order valence-corrected chi connectivity index (χ2v) is 5.53. The fourth-order valence-corrected chi connectivity index (χ4v) is 3.11. The van der Waals surface area contributed by atoms with E-state index in [1.807, 2.05) is 25.3 Å². The largest absolute Gasteiger partial charge is 0.493 e. The lowest BCUT2D eigenvalue weighted by atomic mass is 9.87. The Morgan fingerprint density at radius 3 is 2.42 bits per heavy atom. The molecular weight excluding hydrogens is 310 g/mol. The average molecular weight is 331 g/mol. The Morgan fingerprint density at radius 1 is 1.21 bits per heavy atom. The van der Waals surface area contributed by atoms with Crippen LogP contribution < -0.4 is 19.5 Å². The lowest BCUT2D eigenvalue weighted by molar-refractivity contribution is -0.116. The van der Waals surface area contributed by atoms with E-state index in [0.717, 1.165) is 16.9 Å². The van der Waals surface area contributed by atoms with Crippen molar-refractivity contribution in [2.45, 2.75) is 25.8 Å². The number of benzene rings is 1. The summed E-state index contributed by atoms with van der Waals surface area (Å²) in [5.74, 6) is 2.30. The molecule has 7 nitrogen and oxygen atoms in total. The van der Waals surface area contributed by atoms with E-state index >= 15 is 0 Å². The van der Waals surface area contributed by atoms with Gasteiger partial charge in [-0.1, -0.05) is 0 Å². The molecule has 0 unspecified atom stereocenters. The number of carbonyl (C=O) groups excluding carboxylic acids is 1. The molecule has 1 aromatic heterocycles. The summed E-state index contributed by atoms with van der Waals surface area (Å²) in [4.78, 5) is 12.2. The van der Waals surface area contributed by atoms with Crippen molar-refractivity contribution in [2.24, 2.45) is 0 Å². The molecule has 0 bridgehead atoms. The van der Waals surface area contributed by atoms with Crippen LogP contribution in [0.2, 0.25) is 0 Å². The van der Waals surface area contributed by atoms with Gasteiger partial charge >= 0.3 is 0 Å².